The summed E-state index contributed by atoms with van der Waals surface area (Å²) in [5.74, 6) is 0. The van der Waals surface area contributed by atoms with Crippen LogP contribution in [-0.2, 0) is 6.54 Å². The molecule has 0 aliphatic carbocycles. The number of hydrogen-bond acceptors (Lipinski definition) is 2. The molecule has 20 heavy (non-hydrogen) atoms. The van der Waals surface area contributed by atoms with Crippen LogP contribution in [0.2, 0.25) is 0 Å². The Morgan fingerprint density at radius 2 is 1.90 bits per heavy atom. The summed E-state index contributed by atoms with van der Waals surface area (Å²) in [6, 6.07) is 20.9. The van der Waals surface area contributed by atoms with Crippen molar-refractivity contribution >= 4 is 15.9 Å². The van der Waals surface area contributed by atoms with E-state index in [1.54, 1.807) is 0 Å². The molecular formula is C17H17BrN2. The molecule has 3 heteroatoms. The fourth-order valence-corrected chi connectivity index (χ4v) is 2.77. The Kier molecular flexibility index (Phi) is 5.34. The van der Waals surface area contributed by atoms with E-state index in [0.29, 0.717) is 6.42 Å². The van der Waals surface area contributed by atoms with Crippen LogP contribution in [0.3, 0.4) is 0 Å². The van der Waals surface area contributed by atoms with E-state index in [2.05, 4.69) is 58.2 Å². The van der Waals surface area contributed by atoms with Gasteiger partial charge in [-0.1, -0.05) is 58.4 Å². The Labute approximate surface area is 128 Å². The van der Waals surface area contributed by atoms with Crippen LogP contribution >= 0.6 is 15.9 Å². The van der Waals surface area contributed by atoms with Crippen molar-refractivity contribution in [1.82, 2.24) is 4.90 Å². The highest BCUT2D eigenvalue weighted by Crippen LogP contribution is 2.24. The first kappa shape index (κ1) is 14.8. The van der Waals surface area contributed by atoms with Crippen LogP contribution in [0.5, 0.6) is 0 Å². The van der Waals surface area contributed by atoms with E-state index in [1.165, 1.54) is 11.1 Å². The Balaban J connectivity index is 2.16. The molecule has 1 unspecified atom stereocenters. The van der Waals surface area contributed by atoms with Gasteiger partial charge in [0.05, 0.1) is 12.5 Å². The van der Waals surface area contributed by atoms with Gasteiger partial charge in [0.1, 0.15) is 0 Å². The maximum Gasteiger partial charge on any atom is 0.0641 e. The molecule has 0 aliphatic rings. The van der Waals surface area contributed by atoms with Gasteiger partial charge in [-0.05, 0) is 30.3 Å². The Hall–Kier alpha value is -1.63. The first-order valence-electron chi connectivity index (χ1n) is 6.57. The molecule has 0 aliphatic heterocycles. The summed E-state index contributed by atoms with van der Waals surface area (Å²) in [4.78, 5) is 2.22. The van der Waals surface area contributed by atoms with E-state index in [9.17, 15) is 0 Å². The van der Waals surface area contributed by atoms with Gasteiger partial charge < -0.3 is 0 Å². The number of nitriles is 1. The lowest BCUT2D eigenvalue weighted by molar-refractivity contribution is 0.239. The zero-order valence-corrected chi connectivity index (χ0v) is 13.0. The predicted molar refractivity (Wildman–Crippen MR) is 85.0 cm³/mol. The Morgan fingerprint density at radius 1 is 1.15 bits per heavy atom. The molecule has 0 bridgehead atoms. The van der Waals surface area contributed by atoms with Gasteiger partial charge in [-0.3, -0.25) is 4.90 Å². The number of nitrogens with zero attached hydrogens (tertiary/aromatic N) is 2. The predicted octanol–water partition coefficient (Wildman–Crippen LogP) is 4.54. The molecule has 0 radical (unpaired) electrons. The second-order valence-corrected chi connectivity index (χ2v) is 5.75. The molecule has 0 saturated carbocycles. The van der Waals surface area contributed by atoms with Crippen LogP contribution in [0.15, 0.2) is 59.1 Å². The molecule has 0 fully saturated rings. The van der Waals surface area contributed by atoms with Gasteiger partial charge in [0, 0.05) is 17.1 Å². The van der Waals surface area contributed by atoms with Crippen LogP contribution in [-0.4, -0.2) is 11.9 Å². The lowest BCUT2D eigenvalue weighted by atomic mass is 10.0. The summed E-state index contributed by atoms with van der Waals surface area (Å²) in [6.45, 7) is 0.820. The van der Waals surface area contributed by atoms with Gasteiger partial charge in [-0.15, -0.1) is 0 Å². The summed E-state index contributed by atoms with van der Waals surface area (Å²) in [6.07, 6.45) is 0.495. The summed E-state index contributed by atoms with van der Waals surface area (Å²) >= 11 is 3.49. The van der Waals surface area contributed by atoms with Crippen molar-refractivity contribution in [1.29, 1.82) is 5.26 Å². The molecule has 2 aromatic rings. The quantitative estimate of drug-likeness (QED) is 0.805. The van der Waals surface area contributed by atoms with Crippen LogP contribution < -0.4 is 0 Å². The van der Waals surface area contributed by atoms with Crippen LogP contribution in [0.25, 0.3) is 0 Å². The lowest BCUT2D eigenvalue weighted by Crippen LogP contribution is -2.24. The van der Waals surface area contributed by atoms with Crippen molar-refractivity contribution in [3.05, 3.63) is 70.2 Å². The monoisotopic (exact) mass is 328 g/mol. The van der Waals surface area contributed by atoms with Gasteiger partial charge in [-0.25, -0.2) is 0 Å². The van der Waals surface area contributed by atoms with Gasteiger partial charge in [0.25, 0.3) is 0 Å². The summed E-state index contributed by atoms with van der Waals surface area (Å²) in [5.41, 5.74) is 2.42. The third kappa shape index (κ3) is 3.93. The first-order valence-corrected chi connectivity index (χ1v) is 7.36. The molecule has 102 valence electrons. The fraction of sp³-hybridized carbons (Fsp3) is 0.235. The molecule has 2 rings (SSSR count). The number of benzene rings is 2. The second kappa shape index (κ2) is 7.23. The van der Waals surface area contributed by atoms with Crippen LogP contribution in [0.1, 0.15) is 23.6 Å². The normalized spacial score (nSPS) is 12.1. The summed E-state index contributed by atoms with van der Waals surface area (Å²) in [5, 5.41) is 9.07. The van der Waals surface area contributed by atoms with Gasteiger partial charge >= 0.3 is 0 Å². The summed E-state index contributed by atoms with van der Waals surface area (Å²) in [7, 11) is 2.07. The molecule has 0 saturated heterocycles. The minimum Gasteiger partial charge on any atom is -0.294 e. The average molecular weight is 329 g/mol. The smallest absolute Gasteiger partial charge is 0.0641 e. The minimum absolute atomic E-state index is 0.125. The SMILES string of the molecule is CN(Cc1cccc(Br)c1)C(CC#N)c1ccccc1. The molecule has 0 amide bonds. The zero-order valence-electron chi connectivity index (χ0n) is 11.5. The minimum atomic E-state index is 0.125. The molecule has 0 N–H and O–H groups in total. The van der Waals surface area contributed by atoms with Crippen molar-refractivity contribution in [2.45, 2.75) is 19.0 Å². The molecule has 0 heterocycles. The highest BCUT2D eigenvalue weighted by atomic mass is 79.9. The molecule has 1 atom stereocenters. The maximum absolute atomic E-state index is 9.07. The van der Waals surface area contributed by atoms with Crippen molar-refractivity contribution in [2.24, 2.45) is 0 Å². The molecule has 2 nitrogen and oxygen atoms in total. The second-order valence-electron chi connectivity index (χ2n) is 4.83. The average Bonchev–Trinajstić information content (AvgIpc) is 2.45. The van der Waals surface area contributed by atoms with Gasteiger partial charge in [-0.2, -0.15) is 5.26 Å². The highest BCUT2D eigenvalue weighted by molar-refractivity contribution is 9.10. The number of hydrogen-bond donors (Lipinski definition) is 0. The van der Waals surface area contributed by atoms with Crippen molar-refractivity contribution in [3.8, 4) is 6.07 Å². The lowest BCUT2D eigenvalue weighted by Gasteiger charge is -2.26. The van der Waals surface area contributed by atoms with Crippen molar-refractivity contribution in [3.63, 3.8) is 0 Å². The van der Waals surface area contributed by atoms with E-state index in [-0.39, 0.29) is 6.04 Å². The molecule has 0 aromatic heterocycles. The summed E-state index contributed by atoms with van der Waals surface area (Å²) < 4.78 is 1.08. The Morgan fingerprint density at radius 3 is 2.55 bits per heavy atom. The standard InChI is InChI=1S/C17H17BrN2/c1-20(13-14-6-5-9-16(18)12-14)17(10-11-19)15-7-3-2-4-8-15/h2-9,12,17H,10,13H2,1H3. The third-order valence-corrected chi connectivity index (χ3v) is 3.82. The number of rotatable bonds is 5. The third-order valence-electron chi connectivity index (χ3n) is 3.32. The van der Waals surface area contributed by atoms with E-state index in [1.807, 2.05) is 30.3 Å². The van der Waals surface area contributed by atoms with Crippen molar-refractivity contribution < 1.29 is 0 Å². The van der Waals surface area contributed by atoms with Crippen molar-refractivity contribution in [2.75, 3.05) is 7.05 Å². The van der Waals surface area contributed by atoms with Crippen LogP contribution in [0.4, 0.5) is 0 Å². The van der Waals surface area contributed by atoms with E-state index >= 15 is 0 Å². The van der Waals surface area contributed by atoms with Gasteiger partial charge in [0.15, 0.2) is 0 Å². The van der Waals surface area contributed by atoms with Gasteiger partial charge in [0.2, 0.25) is 0 Å². The molecular weight excluding hydrogens is 312 g/mol. The van der Waals surface area contributed by atoms with E-state index in [4.69, 9.17) is 5.26 Å². The molecule has 2 aromatic carbocycles. The van der Waals surface area contributed by atoms with E-state index in [0.717, 1.165) is 11.0 Å². The first-order chi connectivity index (χ1) is 9.70. The number of halogens is 1. The van der Waals surface area contributed by atoms with E-state index < -0.39 is 0 Å². The largest absolute Gasteiger partial charge is 0.294 e. The maximum atomic E-state index is 9.07. The fourth-order valence-electron chi connectivity index (χ4n) is 2.32. The van der Waals surface area contributed by atoms with Crippen LogP contribution in [0, 0.1) is 11.3 Å². The zero-order chi connectivity index (χ0) is 14.4. The highest BCUT2D eigenvalue weighted by Gasteiger charge is 2.16. The topological polar surface area (TPSA) is 27.0 Å². The molecule has 0 spiro atoms. The Bertz CT molecular complexity index is 589.